The number of halogens is 1. The number of nitrogens with one attached hydrogen (secondary N) is 1. The van der Waals surface area contributed by atoms with Crippen molar-refractivity contribution in [3.8, 4) is 10.6 Å². The zero-order valence-corrected chi connectivity index (χ0v) is 17.5. The van der Waals surface area contributed by atoms with E-state index in [-0.39, 0.29) is 16.7 Å². The van der Waals surface area contributed by atoms with Gasteiger partial charge in [0.2, 0.25) is 0 Å². The molecule has 30 heavy (non-hydrogen) atoms. The maximum Gasteiger partial charge on any atom is 0.277 e. The first-order valence-corrected chi connectivity index (χ1v) is 10.6. The number of nitrogens with zero attached hydrogens (tertiary/aromatic N) is 4. The third kappa shape index (κ3) is 4.01. The van der Waals surface area contributed by atoms with Gasteiger partial charge >= 0.3 is 0 Å². The summed E-state index contributed by atoms with van der Waals surface area (Å²) in [6, 6.07) is 6.46. The lowest BCUT2D eigenvalue weighted by atomic mass is 10.1. The molecule has 0 aliphatic carbocycles. The number of benzene rings is 1. The van der Waals surface area contributed by atoms with Gasteiger partial charge in [0.15, 0.2) is 11.5 Å². The molecule has 158 valence electrons. The number of rotatable bonds is 4. The molecule has 4 rings (SSSR count). The number of nitrogen functional groups attached to an aromatic ring is 1. The molecule has 10 heteroatoms. The Kier molecular flexibility index (Phi) is 5.69. The molecule has 0 radical (unpaired) electrons. The highest BCUT2D eigenvalue weighted by Gasteiger charge is 2.24. The Balaban J connectivity index is 1.58. The highest BCUT2D eigenvalue weighted by Crippen LogP contribution is 2.33. The number of carbonyl (C=O) groups excluding carboxylic acids is 1. The lowest BCUT2D eigenvalue weighted by Gasteiger charge is -2.24. The van der Waals surface area contributed by atoms with E-state index in [2.05, 4.69) is 20.3 Å². The zero-order valence-electron chi connectivity index (χ0n) is 16.6. The summed E-state index contributed by atoms with van der Waals surface area (Å²) in [4.78, 5) is 19.4. The molecule has 0 spiro atoms. The van der Waals surface area contributed by atoms with Crippen molar-refractivity contribution in [3.05, 3.63) is 42.0 Å². The normalized spacial score (nSPS) is 17.0. The van der Waals surface area contributed by atoms with Gasteiger partial charge in [-0.1, -0.05) is 23.5 Å². The molecule has 5 N–H and O–H groups in total. The molecule has 3 aromatic rings. The summed E-state index contributed by atoms with van der Waals surface area (Å²) in [5.74, 6) is -0.0418. The quantitative estimate of drug-likeness (QED) is 0.587. The fourth-order valence-electron chi connectivity index (χ4n) is 3.65. The maximum atomic E-state index is 14.1. The number of hydrogen-bond acceptors (Lipinski definition) is 7. The standard InChI is InChI=1S/C20H24FN7OS/c1-27-20(28-9-4-5-12(22)8-10-28)15(11-24-27)25-18(29)16-17(23)30-19(26-16)13-6-2-3-7-14(13)21/h2-3,6-7,11-12H,4-5,8-10,22-23H2,1H3,(H,25,29). The van der Waals surface area contributed by atoms with E-state index in [1.165, 1.54) is 6.07 Å². The Morgan fingerprint density at radius 3 is 2.90 bits per heavy atom. The van der Waals surface area contributed by atoms with E-state index in [1.54, 1.807) is 29.1 Å². The number of aryl methyl sites for hydroxylation is 1. The van der Waals surface area contributed by atoms with E-state index in [4.69, 9.17) is 11.5 Å². The molecule has 1 fully saturated rings. The molecular formula is C20H24FN7OS. The number of aromatic nitrogens is 3. The lowest BCUT2D eigenvalue weighted by Crippen LogP contribution is -2.29. The fraction of sp³-hybridized carbons (Fsp3) is 0.350. The summed E-state index contributed by atoms with van der Waals surface area (Å²) in [7, 11) is 1.84. The molecule has 1 aromatic carbocycles. The SMILES string of the molecule is Cn1ncc(NC(=O)c2nc(-c3ccccc3F)sc2N)c1N1CCCC(N)CC1. The van der Waals surface area contributed by atoms with Gasteiger partial charge < -0.3 is 21.7 Å². The van der Waals surface area contributed by atoms with Crippen molar-refractivity contribution in [2.75, 3.05) is 29.0 Å². The molecule has 0 bridgehead atoms. The first kappa shape index (κ1) is 20.3. The van der Waals surface area contributed by atoms with Gasteiger partial charge in [-0.05, 0) is 31.4 Å². The summed E-state index contributed by atoms with van der Waals surface area (Å²) in [6.07, 6.45) is 4.44. The van der Waals surface area contributed by atoms with E-state index < -0.39 is 11.7 Å². The van der Waals surface area contributed by atoms with Crippen LogP contribution in [0.25, 0.3) is 10.6 Å². The van der Waals surface area contributed by atoms with Gasteiger partial charge in [-0.15, -0.1) is 0 Å². The lowest BCUT2D eigenvalue weighted by molar-refractivity contribution is 0.102. The average Bonchev–Trinajstić information content (AvgIpc) is 3.20. The number of hydrogen-bond donors (Lipinski definition) is 3. The minimum atomic E-state index is -0.452. The van der Waals surface area contributed by atoms with Gasteiger partial charge in [-0.3, -0.25) is 9.48 Å². The van der Waals surface area contributed by atoms with Crippen molar-refractivity contribution in [3.63, 3.8) is 0 Å². The van der Waals surface area contributed by atoms with Crippen LogP contribution < -0.4 is 21.7 Å². The number of nitrogens with two attached hydrogens (primary N) is 2. The summed E-state index contributed by atoms with van der Waals surface area (Å²) < 4.78 is 15.8. The van der Waals surface area contributed by atoms with Crippen LogP contribution >= 0.6 is 11.3 Å². The Morgan fingerprint density at radius 1 is 1.30 bits per heavy atom. The molecule has 1 aliphatic rings. The molecular weight excluding hydrogens is 405 g/mol. The highest BCUT2D eigenvalue weighted by molar-refractivity contribution is 7.19. The Bertz CT molecular complexity index is 1060. The van der Waals surface area contributed by atoms with Gasteiger partial charge in [0.1, 0.15) is 21.5 Å². The minimum absolute atomic E-state index is 0.0749. The van der Waals surface area contributed by atoms with E-state index in [0.717, 1.165) is 49.5 Å². The number of anilines is 3. The Labute approximate surface area is 177 Å². The summed E-state index contributed by atoms with van der Waals surface area (Å²) in [5.41, 5.74) is 13.1. The van der Waals surface area contributed by atoms with Crippen molar-refractivity contribution in [2.45, 2.75) is 25.3 Å². The van der Waals surface area contributed by atoms with Crippen LogP contribution in [-0.4, -0.2) is 39.8 Å². The second-order valence-corrected chi connectivity index (χ2v) is 8.38. The second-order valence-electron chi connectivity index (χ2n) is 7.35. The molecule has 1 unspecified atom stereocenters. The molecule has 1 atom stereocenters. The summed E-state index contributed by atoms with van der Waals surface area (Å²) >= 11 is 1.08. The van der Waals surface area contributed by atoms with Crippen LogP contribution in [-0.2, 0) is 7.05 Å². The molecule has 2 aromatic heterocycles. The molecule has 8 nitrogen and oxygen atoms in total. The highest BCUT2D eigenvalue weighted by atomic mass is 32.1. The number of carbonyl (C=O) groups is 1. The van der Waals surface area contributed by atoms with E-state index in [1.807, 2.05) is 7.05 Å². The van der Waals surface area contributed by atoms with Gasteiger partial charge in [0.05, 0.1) is 6.20 Å². The summed E-state index contributed by atoms with van der Waals surface area (Å²) in [6.45, 7) is 1.63. The average molecular weight is 430 g/mol. The van der Waals surface area contributed by atoms with Crippen LogP contribution in [0.1, 0.15) is 29.8 Å². The van der Waals surface area contributed by atoms with E-state index in [0.29, 0.717) is 16.3 Å². The van der Waals surface area contributed by atoms with Crippen molar-refractivity contribution >= 4 is 33.8 Å². The van der Waals surface area contributed by atoms with Crippen LogP contribution in [0.4, 0.5) is 20.9 Å². The number of thiazole rings is 1. The molecule has 0 saturated carbocycles. The first-order chi connectivity index (χ1) is 14.4. The monoisotopic (exact) mass is 429 g/mol. The van der Waals surface area contributed by atoms with Crippen LogP contribution in [0.3, 0.4) is 0 Å². The van der Waals surface area contributed by atoms with Crippen molar-refractivity contribution in [1.82, 2.24) is 14.8 Å². The zero-order chi connectivity index (χ0) is 21.3. The van der Waals surface area contributed by atoms with Crippen LogP contribution in [0, 0.1) is 5.82 Å². The van der Waals surface area contributed by atoms with Gasteiger partial charge in [0.25, 0.3) is 5.91 Å². The van der Waals surface area contributed by atoms with Crippen molar-refractivity contribution < 1.29 is 9.18 Å². The predicted octanol–water partition coefficient (Wildman–Crippen LogP) is 2.83. The summed E-state index contributed by atoms with van der Waals surface area (Å²) in [5, 5.41) is 7.78. The molecule has 1 amide bonds. The number of amides is 1. The van der Waals surface area contributed by atoms with E-state index >= 15 is 0 Å². The third-order valence-electron chi connectivity index (χ3n) is 5.20. The Morgan fingerprint density at radius 2 is 2.10 bits per heavy atom. The van der Waals surface area contributed by atoms with Gasteiger partial charge in [-0.25, -0.2) is 9.37 Å². The maximum absolute atomic E-state index is 14.1. The molecule has 1 saturated heterocycles. The van der Waals surface area contributed by atoms with Gasteiger partial charge in [0, 0.05) is 31.7 Å². The molecule has 3 heterocycles. The van der Waals surface area contributed by atoms with Crippen LogP contribution in [0.5, 0.6) is 0 Å². The first-order valence-electron chi connectivity index (χ1n) is 9.79. The topological polar surface area (TPSA) is 115 Å². The molecule has 1 aliphatic heterocycles. The largest absolute Gasteiger partial charge is 0.389 e. The van der Waals surface area contributed by atoms with Crippen LogP contribution in [0.2, 0.25) is 0 Å². The van der Waals surface area contributed by atoms with Crippen molar-refractivity contribution in [2.24, 2.45) is 12.8 Å². The fourth-order valence-corrected chi connectivity index (χ4v) is 4.51. The predicted molar refractivity (Wildman–Crippen MR) is 117 cm³/mol. The smallest absolute Gasteiger partial charge is 0.277 e. The third-order valence-corrected chi connectivity index (χ3v) is 6.12. The van der Waals surface area contributed by atoms with Crippen molar-refractivity contribution in [1.29, 1.82) is 0 Å². The van der Waals surface area contributed by atoms with Gasteiger partial charge in [-0.2, -0.15) is 5.10 Å². The van der Waals surface area contributed by atoms with Crippen LogP contribution in [0.15, 0.2) is 30.5 Å². The second kappa shape index (κ2) is 8.41. The van der Waals surface area contributed by atoms with E-state index in [9.17, 15) is 9.18 Å². The Hall–Kier alpha value is -2.98. The minimum Gasteiger partial charge on any atom is -0.389 e.